The van der Waals surface area contributed by atoms with Crippen molar-refractivity contribution in [2.45, 2.75) is 50.1 Å². The van der Waals surface area contributed by atoms with Crippen LogP contribution in [0.25, 0.3) is 16.9 Å². The van der Waals surface area contributed by atoms with Crippen LogP contribution in [0.4, 0.5) is 35.5 Å². The molecule has 38 heavy (non-hydrogen) atoms. The van der Waals surface area contributed by atoms with Crippen LogP contribution >= 0.6 is 0 Å². The first-order valence-corrected chi connectivity index (χ1v) is 11.7. The Kier molecular flexibility index (Phi) is 6.51. The van der Waals surface area contributed by atoms with Gasteiger partial charge in [-0.3, -0.25) is 4.98 Å². The van der Waals surface area contributed by atoms with Crippen LogP contribution in [0.1, 0.15) is 35.7 Å². The lowest BCUT2D eigenvalue weighted by molar-refractivity contribution is -0.308. The Morgan fingerprint density at radius 1 is 1.03 bits per heavy atom. The predicted molar refractivity (Wildman–Crippen MR) is 118 cm³/mol. The Morgan fingerprint density at radius 2 is 1.68 bits per heavy atom. The number of hydrogen-bond donors (Lipinski definition) is 0. The smallest absolute Gasteiger partial charge is 0.426 e. The number of aryl methyl sites for hydroxylation is 1. The van der Waals surface area contributed by atoms with Crippen molar-refractivity contribution in [3.63, 3.8) is 0 Å². The number of carbonyl (C=O) groups excluding carboxylic acids is 1. The fourth-order valence-electron chi connectivity index (χ4n) is 4.93. The molecule has 2 aliphatic heterocycles. The van der Waals surface area contributed by atoms with Crippen molar-refractivity contribution in [3.05, 3.63) is 59.6 Å². The van der Waals surface area contributed by atoms with Gasteiger partial charge in [-0.1, -0.05) is 0 Å². The number of ether oxygens (including phenoxy) is 1. The number of hydrogen-bond acceptors (Lipinski definition) is 5. The molecule has 3 aromatic heterocycles. The number of alkyl halides is 6. The summed E-state index contributed by atoms with van der Waals surface area (Å²) in [6, 6.07) is 5.00. The van der Waals surface area contributed by atoms with Gasteiger partial charge in [0.25, 0.3) is 6.10 Å². The number of piperidine rings is 1. The van der Waals surface area contributed by atoms with E-state index in [4.69, 9.17) is 5.10 Å². The second-order valence-corrected chi connectivity index (χ2v) is 9.10. The molecule has 0 N–H and O–H groups in total. The number of likely N-dealkylation sites (tertiary alicyclic amines) is 1. The number of carbonyl (C=O) groups is 1. The van der Waals surface area contributed by atoms with Crippen LogP contribution in [0.3, 0.4) is 0 Å². The Hall–Kier alpha value is -3.71. The zero-order chi connectivity index (χ0) is 27.2. The van der Waals surface area contributed by atoms with E-state index < -0.39 is 30.4 Å². The Bertz CT molecular complexity index is 1320. The molecule has 0 radical (unpaired) electrons. The monoisotopic (exact) mass is 543 g/mol. The zero-order valence-corrected chi connectivity index (χ0v) is 19.6. The topological polar surface area (TPSA) is 73.1 Å². The average molecular weight is 543 g/mol. The summed E-state index contributed by atoms with van der Waals surface area (Å²) in [5, 5.41) is 4.78. The molecule has 5 rings (SSSR count). The molecule has 7 nitrogen and oxygen atoms in total. The summed E-state index contributed by atoms with van der Waals surface area (Å²) in [5.74, 6) is -0.239. The highest BCUT2D eigenvalue weighted by molar-refractivity contribution is 5.71. The fourth-order valence-corrected chi connectivity index (χ4v) is 4.93. The molecular weight excluding hydrogens is 523 g/mol. The van der Waals surface area contributed by atoms with Crippen LogP contribution in [-0.2, 0) is 17.6 Å². The quantitative estimate of drug-likeness (QED) is 0.415. The summed E-state index contributed by atoms with van der Waals surface area (Å²) >= 11 is 0. The van der Waals surface area contributed by atoms with Crippen LogP contribution in [0.2, 0.25) is 0 Å². The minimum atomic E-state index is -5.78. The molecule has 1 fully saturated rings. The molecule has 202 valence electrons. The van der Waals surface area contributed by atoms with E-state index in [0.29, 0.717) is 29.9 Å². The predicted octanol–water partition coefficient (Wildman–Crippen LogP) is 5.38. The molecule has 0 bridgehead atoms. The van der Waals surface area contributed by atoms with Crippen molar-refractivity contribution < 1.29 is 40.3 Å². The molecule has 14 heteroatoms. The summed E-state index contributed by atoms with van der Waals surface area (Å²) in [5.41, 5.74) is 3.83. The van der Waals surface area contributed by atoms with Gasteiger partial charge in [-0.05, 0) is 49.4 Å². The molecule has 0 spiro atoms. The van der Waals surface area contributed by atoms with Gasteiger partial charge >= 0.3 is 18.4 Å². The van der Waals surface area contributed by atoms with Gasteiger partial charge in [-0.15, -0.1) is 0 Å². The molecule has 0 aromatic carbocycles. The lowest BCUT2D eigenvalue weighted by Gasteiger charge is -2.32. The van der Waals surface area contributed by atoms with E-state index in [1.54, 1.807) is 29.2 Å². The first kappa shape index (κ1) is 25.9. The van der Waals surface area contributed by atoms with E-state index in [9.17, 15) is 35.5 Å². The van der Waals surface area contributed by atoms with Gasteiger partial charge in [-0.25, -0.2) is 18.9 Å². The minimum absolute atomic E-state index is 0.121. The molecule has 0 aliphatic carbocycles. The molecule has 2 aliphatic rings. The van der Waals surface area contributed by atoms with Crippen LogP contribution in [0, 0.1) is 5.82 Å². The normalized spacial score (nSPS) is 16.4. The summed E-state index contributed by atoms with van der Waals surface area (Å²) in [4.78, 5) is 21.3. The van der Waals surface area contributed by atoms with Crippen molar-refractivity contribution in [1.82, 2.24) is 24.6 Å². The second kappa shape index (κ2) is 9.55. The fraction of sp³-hybridized carbons (Fsp3) is 0.417. The van der Waals surface area contributed by atoms with Crippen LogP contribution < -0.4 is 0 Å². The lowest BCUT2D eigenvalue weighted by atomic mass is 9.87. The van der Waals surface area contributed by atoms with E-state index in [1.807, 2.05) is 0 Å². The Balaban J connectivity index is 1.41. The van der Waals surface area contributed by atoms with Crippen molar-refractivity contribution in [3.8, 4) is 16.9 Å². The average Bonchev–Trinajstić information content (AvgIpc) is 3.26. The van der Waals surface area contributed by atoms with Crippen LogP contribution in [0.15, 0.2) is 36.8 Å². The van der Waals surface area contributed by atoms with E-state index in [-0.39, 0.29) is 31.8 Å². The van der Waals surface area contributed by atoms with E-state index in [0.717, 1.165) is 27.9 Å². The first-order valence-electron chi connectivity index (χ1n) is 11.7. The van der Waals surface area contributed by atoms with Gasteiger partial charge in [0.1, 0.15) is 5.82 Å². The highest BCUT2D eigenvalue weighted by Gasteiger charge is 2.60. The highest BCUT2D eigenvalue weighted by atomic mass is 19.4. The van der Waals surface area contributed by atoms with Crippen molar-refractivity contribution in [1.29, 1.82) is 0 Å². The third-order valence-electron chi connectivity index (χ3n) is 6.67. The highest BCUT2D eigenvalue weighted by Crippen LogP contribution is 2.41. The van der Waals surface area contributed by atoms with E-state index >= 15 is 0 Å². The number of halogens is 7. The molecule has 0 unspecified atom stereocenters. The summed E-state index contributed by atoms with van der Waals surface area (Å²) in [6.07, 6.45) is -11.6. The van der Waals surface area contributed by atoms with Crippen LogP contribution in [-0.4, -0.2) is 62.3 Å². The maximum absolute atomic E-state index is 13.8. The summed E-state index contributed by atoms with van der Waals surface area (Å²) in [7, 11) is 0. The van der Waals surface area contributed by atoms with Crippen molar-refractivity contribution in [2.24, 2.45) is 0 Å². The molecule has 1 amide bonds. The van der Waals surface area contributed by atoms with Gasteiger partial charge in [0.2, 0.25) is 0 Å². The summed E-state index contributed by atoms with van der Waals surface area (Å²) < 4.78 is 96.1. The lowest BCUT2D eigenvalue weighted by Crippen LogP contribution is -2.49. The number of rotatable bonds is 3. The third-order valence-corrected chi connectivity index (χ3v) is 6.67. The van der Waals surface area contributed by atoms with E-state index in [2.05, 4.69) is 14.7 Å². The van der Waals surface area contributed by atoms with Gasteiger partial charge in [0.15, 0.2) is 5.82 Å². The third kappa shape index (κ3) is 4.90. The number of amides is 1. The molecule has 0 saturated carbocycles. The van der Waals surface area contributed by atoms with Crippen molar-refractivity contribution in [2.75, 3.05) is 13.1 Å². The summed E-state index contributed by atoms with van der Waals surface area (Å²) in [6.45, 7) is -0.242. The molecule has 5 heterocycles. The molecule has 3 aromatic rings. The number of aromatic nitrogens is 4. The maximum Gasteiger partial charge on any atom is 0.434 e. The molecular formula is C24H20F7N5O2. The number of nitrogens with zero attached hydrogens (tertiary/aromatic N) is 5. The maximum atomic E-state index is 13.8. The SMILES string of the molecule is O=C(OC(C(F)(F)F)C(F)(F)F)N1CCC(c2nn3c(c2-c2ccncc2)CCc2cc(F)cnc2-3)CC1. The van der Waals surface area contributed by atoms with Gasteiger partial charge < -0.3 is 9.64 Å². The minimum Gasteiger partial charge on any atom is -0.426 e. The Labute approximate surface area is 211 Å². The van der Waals surface area contributed by atoms with Crippen LogP contribution in [0.5, 0.6) is 0 Å². The van der Waals surface area contributed by atoms with Gasteiger partial charge in [-0.2, -0.15) is 31.4 Å². The van der Waals surface area contributed by atoms with Gasteiger partial charge in [0, 0.05) is 42.5 Å². The largest absolute Gasteiger partial charge is 0.434 e. The second-order valence-electron chi connectivity index (χ2n) is 9.10. The Morgan fingerprint density at radius 3 is 2.32 bits per heavy atom. The first-order chi connectivity index (χ1) is 17.9. The number of fused-ring (bicyclic) bond motifs is 3. The zero-order valence-electron chi connectivity index (χ0n) is 19.6. The number of pyridine rings is 2. The van der Waals surface area contributed by atoms with Gasteiger partial charge in [0.05, 0.1) is 17.6 Å². The molecule has 1 saturated heterocycles. The molecule has 0 atom stereocenters. The van der Waals surface area contributed by atoms with Crippen molar-refractivity contribution >= 4 is 6.09 Å². The standard InChI is InChI=1S/C24H20F7N5O2/c25-16-11-15-1-2-17-18(13-3-7-32-8-4-13)19(34-36(17)20(15)33-12-16)14-5-9-35(10-6-14)22(37)38-21(23(26,27)28)24(29,30)31/h3-4,7-8,11-12,14,21H,1-2,5-6,9-10H2. The van der Waals surface area contributed by atoms with E-state index in [1.165, 1.54) is 6.07 Å².